The molecule has 0 spiro atoms. The Morgan fingerprint density at radius 2 is 2.00 bits per heavy atom. The topological polar surface area (TPSA) is 12.5 Å². The second-order valence-corrected chi connectivity index (χ2v) is 6.86. The number of methoxy groups -OCH3 is 1. The van der Waals surface area contributed by atoms with Crippen molar-refractivity contribution in [2.75, 3.05) is 13.7 Å². The van der Waals surface area contributed by atoms with Crippen molar-refractivity contribution in [1.29, 1.82) is 0 Å². The van der Waals surface area contributed by atoms with Gasteiger partial charge in [0.1, 0.15) is 5.75 Å². The van der Waals surface area contributed by atoms with E-state index >= 15 is 0 Å². The van der Waals surface area contributed by atoms with Gasteiger partial charge in [0.2, 0.25) is 0 Å². The first-order valence-corrected chi connectivity index (χ1v) is 8.15. The van der Waals surface area contributed by atoms with Crippen molar-refractivity contribution in [3.05, 3.63) is 58.1 Å². The Balaban J connectivity index is 1.69. The van der Waals surface area contributed by atoms with Gasteiger partial charge in [0.15, 0.2) is 0 Å². The summed E-state index contributed by atoms with van der Waals surface area (Å²) in [6.07, 6.45) is 1.11. The van der Waals surface area contributed by atoms with E-state index in [9.17, 15) is 0 Å². The molecular weight excluding hydrogens is 334 g/mol. The maximum atomic E-state index is 5.19. The van der Waals surface area contributed by atoms with Crippen LogP contribution in [0.2, 0.25) is 0 Å². The van der Waals surface area contributed by atoms with Gasteiger partial charge in [-0.3, -0.25) is 0 Å². The standard InChI is InChI=1S/C16H16BrNOS/c1-19-15-5-2-12(3-6-15)11-18-9-8-13-10-14(17)4-7-16(13)20-18/h2-7,10H,8-9,11H2,1H3. The zero-order valence-corrected chi connectivity index (χ0v) is 13.7. The minimum Gasteiger partial charge on any atom is -0.497 e. The maximum Gasteiger partial charge on any atom is 0.118 e. The smallest absolute Gasteiger partial charge is 0.118 e. The molecule has 0 aromatic heterocycles. The Kier molecular flexibility index (Phi) is 4.34. The van der Waals surface area contributed by atoms with Crippen LogP contribution in [-0.2, 0) is 13.0 Å². The molecule has 0 atom stereocenters. The van der Waals surface area contributed by atoms with Crippen molar-refractivity contribution in [2.24, 2.45) is 0 Å². The molecule has 0 amide bonds. The van der Waals surface area contributed by atoms with Crippen molar-refractivity contribution in [3.63, 3.8) is 0 Å². The number of nitrogens with zero attached hydrogens (tertiary/aromatic N) is 1. The summed E-state index contributed by atoms with van der Waals surface area (Å²) in [5.74, 6) is 0.912. The molecule has 0 N–H and O–H groups in total. The van der Waals surface area contributed by atoms with Crippen LogP contribution in [0.4, 0.5) is 0 Å². The van der Waals surface area contributed by atoms with Gasteiger partial charge < -0.3 is 4.74 Å². The van der Waals surface area contributed by atoms with Gasteiger partial charge in [0, 0.05) is 22.5 Å². The lowest BCUT2D eigenvalue weighted by molar-refractivity contribution is 0.414. The van der Waals surface area contributed by atoms with Gasteiger partial charge in [0.25, 0.3) is 0 Å². The lowest BCUT2D eigenvalue weighted by Gasteiger charge is -2.27. The van der Waals surface area contributed by atoms with Gasteiger partial charge in [-0.25, -0.2) is 4.31 Å². The summed E-state index contributed by atoms with van der Waals surface area (Å²) in [5, 5.41) is 0. The summed E-state index contributed by atoms with van der Waals surface area (Å²) in [4.78, 5) is 1.37. The Bertz CT molecular complexity index is 600. The zero-order valence-electron chi connectivity index (χ0n) is 11.3. The molecule has 3 rings (SSSR count). The zero-order chi connectivity index (χ0) is 13.9. The number of rotatable bonds is 3. The first kappa shape index (κ1) is 14.0. The fourth-order valence-corrected chi connectivity index (χ4v) is 3.80. The first-order valence-electron chi connectivity index (χ1n) is 6.59. The normalized spacial score (nSPS) is 14.9. The monoisotopic (exact) mass is 349 g/mol. The van der Waals surface area contributed by atoms with Crippen molar-refractivity contribution in [2.45, 2.75) is 17.9 Å². The van der Waals surface area contributed by atoms with Crippen molar-refractivity contribution < 1.29 is 4.74 Å². The highest BCUT2D eigenvalue weighted by atomic mass is 79.9. The summed E-state index contributed by atoms with van der Waals surface area (Å²) in [6, 6.07) is 14.9. The van der Waals surface area contributed by atoms with E-state index in [1.54, 1.807) is 7.11 Å². The van der Waals surface area contributed by atoms with Crippen LogP contribution in [0.5, 0.6) is 5.75 Å². The number of hydrogen-bond acceptors (Lipinski definition) is 3. The SMILES string of the molecule is COc1ccc(CN2CCc3cc(Br)ccc3S2)cc1. The molecule has 0 aliphatic carbocycles. The third-order valence-electron chi connectivity index (χ3n) is 3.40. The van der Waals surface area contributed by atoms with Gasteiger partial charge in [-0.05, 0) is 59.8 Å². The predicted octanol–water partition coefficient (Wildman–Crippen LogP) is 4.52. The van der Waals surface area contributed by atoms with Crippen LogP contribution < -0.4 is 4.74 Å². The molecule has 0 bridgehead atoms. The molecule has 104 valence electrons. The van der Waals surface area contributed by atoms with Crippen molar-refractivity contribution in [1.82, 2.24) is 4.31 Å². The highest BCUT2D eigenvalue weighted by Crippen LogP contribution is 2.34. The molecule has 0 saturated heterocycles. The van der Waals surface area contributed by atoms with E-state index in [2.05, 4.69) is 50.6 Å². The average molecular weight is 350 g/mol. The van der Waals surface area contributed by atoms with E-state index in [4.69, 9.17) is 4.74 Å². The number of hydrogen-bond donors (Lipinski definition) is 0. The Morgan fingerprint density at radius 3 is 2.75 bits per heavy atom. The first-order chi connectivity index (χ1) is 9.74. The fraction of sp³-hybridized carbons (Fsp3) is 0.250. The third-order valence-corrected chi connectivity index (χ3v) is 5.06. The summed E-state index contributed by atoms with van der Waals surface area (Å²) in [5.41, 5.74) is 2.76. The maximum absolute atomic E-state index is 5.19. The summed E-state index contributed by atoms with van der Waals surface area (Å²) < 4.78 is 8.78. The number of benzene rings is 2. The molecule has 1 aliphatic heterocycles. The van der Waals surface area contributed by atoms with Gasteiger partial charge in [0.05, 0.1) is 7.11 Å². The molecule has 0 unspecified atom stereocenters. The van der Waals surface area contributed by atoms with Crippen molar-refractivity contribution in [3.8, 4) is 5.75 Å². The van der Waals surface area contributed by atoms with Crippen LogP contribution in [0, 0.1) is 0 Å². The largest absolute Gasteiger partial charge is 0.497 e. The molecule has 2 aromatic rings. The van der Waals surface area contributed by atoms with E-state index in [1.165, 1.54) is 20.5 Å². The van der Waals surface area contributed by atoms with Crippen LogP contribution in [0.15, 0.2) is 51.8 Å². The van der Waals surface area contributed by atoms with Crippen LogP contribution in [-0.4, -0.2) is 18.0 Å². The van der Waals surface area contributed by atoms with Crippen LogP contribution in [0.3, 0.4) is 0 Å². The fourth-order valence-electron chi connectivity index (χ4n) is 2.31. The molecule has 20 heavy (non-hydrogen) atoms. The second kappa shape index (κ2) is 6.20. The predicted molar refractivity (Wildman–Crippen MR) is 87.1 cm³/mol. The number of ether oxygens (including phenoxy) is 1. The minimum absolute atomic E-state index is 0.912. The van der Waals surface area contributed by atoms with E-state index in [1.807, 2.05) is 24.1 Å². The Morgan fingerprint density at radius 1 is 1.20 bits per heavy atom. The van der Waals surface area contributed by atoms with E-state index in [0.717, 1.165) is 25.3 Å². The summed E-state index contributed by atoms with van der Waals surface area (Å²) in [7, 11) is 1.70. The quantitative estimate of drug-likeness (QED) is 0.755. The molecule has 2 nitrogen and oxygen atoms in total. The van der Waals surface area contributed by atoms with Crippen LogP contribution in [0.25, 0.3) is 0 Å². The molecule has 4 heteroatoms. The van der Waals surface area contributed by atoms with E-state index in [0.29, 0.717) is 0 Å². The average Bonchev–Trinajstić information content (AvgIpc) is 2.48. The molecule has 1 heterocycles. The molecular formula is C16H16BrNOS. The van der Waals surface area contributed by atoms with Crippen molar-refractivity contribution >= 4 is 27.9 Å². The van der Waals surface area contributed by atoms with Crippen LogP contribution >= 0.6 is 27.9 Å². The second-order valence-electron chi connectivity index (χ2n) is 4.80. The van der Waals surface area contributed by atoms with Gasteiger partial charge in [-0.2, -0.15) is 0 Å². The molecule has 1 aliphatic rings. The van der Waals surface area contributed by atoms with Crippen LogP contribution in [0.1, 0.15) is 11.1 Å². The number of fused-ring (bicyclic) bond motifs is 1. The summed E-state index contributed by atoms with van der Waals surface area (Å²) in [6.45, 7) is 2.05. The molecule has 0 radical (unpaired) electrons. The van der Waals surface area contributed by atoms with Gasteiger partial charge >= 0.3 is 0 Å². The minimum atomic E-state index is 0.912. The highest BCUT2D eigenvalue weighted by molar-refractivity contribution is 9.10. The Labute approximate surface area is 132 Å². The molecule has 0 saturated carbocycles. The molecule has 0 fully saturated rings. The van der Waals surface area contributed by atoms with Gasteiger partial charge in [-0.15, -0.1) is 0 Å². The lowest BCUT2D eigenvalue weighted by atomic mass is 10.1. The highest BCUT2D eigenvalue weighted by Gasteiger charge is 2.17. The summed E-state index contributed by atoms with van der Waals surface area (Å²) >= 11 is 5.39. The molecule has 2 aromatic carbocycles. The lowest BCUT2D eigenvalue weighted by Crippen LogP contribution is -2.22. The Hall–Kier alpha value is -0.970. The third kappa shape index (κ3) is 3.19. The van der Waals surface area contributed by atoms with E-state index < -0.39 is 0 Å². The van der Waals surface area contributed by atoms with Gasteiger partial charge in [-0.1, -0.05) is 28.1 Å². The van der Waals surface area contributed by atoms with E-state index in [-0.39, 0.29) is 0 Å². The number of halogens is 1.